The predicted octanol–water partition coefficient (Wildman–Crippen LogP) is 4.36. The molecule has 1 N–H and O–H groups in total. The summed E-state index contributed by atoms with van der Waals surface area (Å²) in [6.07, 6.45) is 0. The number of para-hydroxylation sites is 2. The molecule has 0 aromatic heterocycles. The number of amides is 1. The molecule has 128 valence electrons. The van der Waals surface area contributed by atoms with E-state index in [0.29, 0.717) is 22.5 Å². The molecule has 0 radical (unpaired) electrons. The first-order valence-corrected chi connectivity index (χ1v) is 8.48. The molecule has 1 aliphatic rings. The number of carbonyl (C=O) groups is 2. The fraction of sp³-hybridized carbons (Fsp3) is 0.0909. The average Bonchev–Trinajstić information content (AvgIpc) is 2.69. The molecule has 0 bridgehead atoms. The van der Waals surface area contributed by atoms with E-state index >= 15 is 0 Å². The van der Waals surface area contributed by atoms with Crippen LogP contribution in [0.25, 0.3) is 0 Å². The van der Waals surface area contributed by atoms with Crippen molar-refractivity contribution < 1.29 is 9.59 Å². The average molecular weight is 342 g/mol. The summed E-state index contributed by atoms with van der Waals surface area (Å²) in [5.41, 5.74) is 1.21. The zero-order valence-corrected chi connectivity index (χ0v) is 14.3. The molecule has 4 nitrogen and oxygen atoms in total. The number of Topliss-reactive ketones (excluding diaryl/α,β-unsaturated/α-hetero) is 1. The summed E-state index contributed by atoms with van der Waals surface area (Å²) in [6.45, 7) is 1.75. The summed E-state index contributed by atoms with van der Waals surface area (Å²) in [4.78, 5) is 28.3. The van der Waals surface area contributed by atoms with Crippen LogP contribution in [-0.4, -0.2) is 17.4 Å². The molecule has 1 amide bonds. The Morgan fingerprint density at radius 1 is 0.846 bits per heavy atom. The van der Waals surface area contributed by atoms with Crippen molar-refractivity contribution >= 4 is 23.1 Å². The lowest BCUT2D eigenvalue weighted by Gasteiger charge is -2.45. The zero-order valence-electron chi connectivity index (χ0n) is 14.3. The minimum absolute atomic E-state index is 0.162. The van der Waals surface area contributed by atoms with Crippen molar-refractivity contribution in [3.63, 3.8) is 0 Å². The van der Waals surface area contributed by atoms with Gasteiger partial charge in [-0.05, 0) is 31.2 Å². The van der Waals surface area contributed by atoms with Crippen molar-refractivity contribution in [2.45, 2.75) is 12.6 Å². The highest BCUT2D eigenvalue weighted by atomic mass is 16.2. The van der Waals surface area contributed by atoms with Crippen LogP contribution >= 0.6 is 0 Å². The molecule has 0 saturated heterocycles. The first kappa shape index (κ1) is 16.1. The van der Waals surface area contributed by atoms with Gasteiger partial charge in [0.15, 0.2) is 5.66 Å². The quantitative estimate of drug-likeness (QED) is 0.720. The van der Waals surface area contributed by atoms with Crippen molar-refractivity contribution in [2.24, 2.45) is 0 Å². The lowest BCUT2D eigenvalue weighted by molar-refractivity contribution is 0.0845. The van der Waals surface area contributed by atoms with Crippen molar-refractivity contribution in [1.29, 1.82) is 0 Å². The maximum Gasteiger partial charge on any atom is 0.262 e. The van der Waals surface area contributed by atoms with Crippen molar-refractivity contribution in [2.75, 3.05) is 10.2 Å². The Bertz CT molecular complexity index is 970. The summed E-state index contributed by atoms with van der Waals surface area (Å²) in [7, 11) is 0. The lowest BCUT2D eigenvalue weighted by Crippen LogP contribution is -2.63. The summed E-state index contributed by atoms with van der Waals surface area (Å²) in [5.74, 6) is -0.359. The zero-order chi connectivity index (χ0) is 18.1. The Hall–Kier alpha value is -3.40. The number of carbonyl (C=O) groups excluding carboxylic acids is 2. The lowest BCUT2D eigenvalue weighted by atomic mass is 9.92. The maximum atomic E-state index is 13.4. The molecule has 3 aromatic carbocycles. The van der Waals surface area contributed by atoms with Gasteiger partial charge in [0.05, 0.1) is 5.56 Å². The van der Waals surface area contributed by atoms with Gasteiger partial charge in [-0.25, -0.2) is 0 Å². The molecule has 1 atom stereocenters. The van der Waals surface area contributed by atoms with Gasteiger partial charge in [0.2, 0.25) is 5.78 Å². The van der Waals surface area contributed by atoms with E-state index in [1.165, 1.54) is 0 Å². The second-order valence-corrected chi connectivity index (χ2v) is 6.41. The molecule has 0 saturated carbocycles. The van der Waals surface area contributed by atoms with E-state index in [0.717, 1.165) is 0 Å². The number of hydrogen-bond donors (Lipinski definition) is 1. The van der Waals surface area contributed by atoms with Gasteiger partial charge in [-0.15, -0.1) is 0 Å². The number of rotatable bonds is 3. The Morgan fingerprint density at radius 3 is 2.12 bits per heavy atom. The molecule has 0 fully saturated rings. The maximum absolute atomic E-state index is 13.4. The minimum atomic E-state index is -1.23. The summed E-state index contributed by atoms with van der Waals surface area (Å²) < 4.78 is 0. The Labute approximate surface area is 152 Å². The molecular weight excluding hydrogens is 324 g/mol. The third-order valence-corrected chi connectivity index (χ3v) is 4.68. The van der Waals surface area contributed by atoms with Crippen LogP contribution in [0.15, 0.2) is 84.9 Å². The fourth-order valence-electron chi connectivity index (χ4n) is 3.40. The molecule has 3 aromatic rings. The van der Waals surface area contributed by atoms with Gasteiger partial charge in [0, 0.05) is 16.9 Å². The number of nitrogens with one attached hydrogen (secondary N) is 1. The molecule has 1 aliphatic heterocycles. The van der Waals surface area contributed by atoms with Gasteiger partial charge in [0.25, 0.3) is 5.91 Å². The van der Waals surface area contributed by atoms with Crippen LogP contribution in [0.1, 0.15) is 27.6 Å². The molecular formula is C22H18N2O2. The van der Waals surface area contributed by atoms with Crippen molar-refractivity contribution in [1.82, 2.24) is 0 Å². The molecule has 0 aliphatic carbocycles. The van der Waals surface area contributed by atoms with Crippen LogP contribution in [0, 0.1) is 0 Å². The Morgan fingerprint density at radius 2 is 1.42 bits per heavy atom. The summed E-state index contributed by atoms with van der Waals surface area (Å²) in [6, 6.07) is 25.6. The topological polar surface area (TPSA) is 49.4 Å². The minimum Gasteiger partial charge on any atom is -0.355 e. The summed E-state index contributed by atoms with van der Waals surface area (Å²) >= 11 is 0. The third kappa shape index (κ3) is 2.47. The van der Waals surface area contributed by atoms with Crippen molar-refractivity contribution in [3.8, 4) is 0 Å². The summed E-state index contributed by atoms with van der Waals surface area (Å²) in [5, 5.41) is 3.31. The van der Waals surface area contributed by atoms with Gasteiger partial charge in [-0.2, -0.15) is 0 Å². The van der Waals surface area contributed by atoms with E-state index in [4.69, 9.17) is 0 Å². The van der Waals surface area contributed by atoms with Crippen LogP contribution in [0.3, 0.4) is 0 Å². The van der Waals surface area contributed by atoms with Crippen molar-refractivity contribution in [3.05, 3.63) is 96.1 Å². The molecule has 4 rings (SSSR count). The number of ketones is 1. The number of nitrogens with zero attached hydrogens (tertiary/aromatic N) is 1. The van der Waals surface area contributed by atoms with Gasteiger partial charge in [-0.3, -0.25) is 14.5 Å². The Kier molecular flexibility index (Phi) is 3.81. The molecule has 0 spiro atoms. The SMILES string of the molecule is CC1(C(=O)c2ccccc2)Nc2ccccc2C(=O)N1c1ccccc1. The van der Waals surface area contributed by atoms with Crippen LogP contribution in [0.4, 0.5) is 11.4 Å². The van der Waals surface area contributed by atoms with Gasteiger partial charge >= 0.3 is 0 Å². The van der Waals surface area contributed by atoms with E-state index in [1.807, 2.05) is 66.7 Å². The standard InChI is InChI=1S/C22H18N2O2/c1-22(20(25)16-10-4-2-5-11-16)23-19-15-9-8-14-18(19)21(26)24(22)17-12-6-3-7-13-17/h2-15,23H,1H3. The second kappa shape index (κ2) is 6.15. The smallest absolute Gasteiger partial charge is 0.262 e. The molecule has 26 heavy (non-hydrogen) atoms. The first-order chi connectivity index (χ1) is 12.6. The highest BCUT2D eigenvalue weighted by Gasteiger charge is 2.47. The van der Waals surface area contributed by atoms with Gasteiger partial charge in [0.1, 0.15) is 0 Å². The van der Waals surface area contributed by atoms with E-state index in [9.17, 15) is 9.59 Å². The van der Waals surface area contributed by atoms with Crippen LogP contribution in [0.2, 0.25) is 0 Å². The van der Waals surface area contributed by atoms with Gasteiger partial charge in [-0.1, -0.05) is 60.7 Å². The molecule has 1 heterocycles. The van der Waals surface area contributed by atoms with E-state index in [1.54, 1.807) is 30.0 Å². The molecule has 4 heteroatoms. The number of benzene rings is 3. The van der Waals surface area contributed by atoms with Crippen LogP contribution in [0.5, 0.6) is 0 Å². The number of fused-ring (bicyclic) bond motifs is 1. The largest absolute Gasteiger partial charge is 0.355 e. The second-order valence-electron chi connectivity index (χ2n) is 6.41. The predicted molar refractivity (Wildman–Crippen MR) is 102 cm³/mol. The van der Waals surface area contributed by atoms with Gasteiger partial charge < -0.3 is 5.32 Å². The van der Waals surface area contributed by atoms with E-state index in [-0.39, 0.29) is 11.7 Å². The number of hydrogen-bond acceptors (Lipinski definition) is 3. The highest BCUT2D eigenvalue weighted by molar-refractivity contribution is 6.20. The van der Waals surface area contributed by atoms with Crippen LogP contribution in [-0.2, 0) is 0 Å². The first-order valence-electron chi connectivity index (χ1n) is 8.48. The monoisotopic (exact) mass is 342 g/mol. The van der Waals surface area contributed by atoms with Crippen LogP contribution < -0.4 is 10.2 Å². The molecule has 1 unspecified atom stereocenters. The highest BCUT2D eigenvalue weighted by Crippen LogP contribution is 2.36. The normalized spacial score (nSPS) is 18.8. The van der Waals surface area contributed by atoms with E-state index < -0.39 is 5.66 Å². The Balaban J connectivity index is 1.90. The van der Waals surface area contributed by atoms with E-state index in [2.05, 4.69) is 5.32 Å². The fourth-order valence-corrected chi connectivity index (χ4v) is 3.40. The number of anilines is 2. The third-order valence-electron chi connectivity index (χ3n) is 4.68.